The van der Waals surface area contributed by atoms with E-state index in [0.29, 0.717) is 13.0 Å². The predicted molar refractivity (Wildman–Crippen MR) is 53.8 cm³/mol. The molecule has 4 N–H and O–H groups in total. The number of halogens is 1. The first-order valence-corrected chi connectivity index (χ1v) is 4.52. The van der Waals surface area contributed by atoms with Crippen molar-refractivity contribution in [1.29, 1.82) is 0 Å². The van der Waals surface area contributed by atoms with Gasteiger partial charge < -0.3 is 16.2 Å². The average molecular weight is 212 g/mol. The molecular formula is C10H13FN2O2. The maximum atomic E-state index is 13.0. The highest BCUT2D eigenvalue weighted by molar-refractivity contribution is 5.75. The number of nitrogens with two attached hydrogens (primary N) is 2. The highest BCUT2D eigenvalue weighted by atomic mass is 19.1. The van der Waals surface area contributed by atoms with Gasteiger partial charge in [-0.3, -0.25) is 4.79 Å². The van der Waals surface area contributed by atoms with E-state index in [9.17, 15) is 9.18 Å². The van der Waals surface area contributed by atoms with Crippen LogP contribution in [-0.2, 0) is 11.2 Å². The molecule has 15 heavy (non-hydrogen) atoms. The van der Waals surface area contributed by atoms with E-state index in [1.54, 1.807) is 6.07 Å². The van der Waals surface area contributed by atoms with Gasteiger partial charge in [0, 0.05) is 6.07 Å². The summed E-state index contributed by atoms with van der Waals surface area (Å²) in [7, 11) is 0. The zero-order valence-electron chi connectivity index (χ0n) is 8.20. The van der Waals surface area contributed by atoms with Crippen LogP contribution in [0.3, 0.4) is 0 Å². The van der Waals surface area contributed by atoms with Gasteiger partial charge in [-0.05, 0) is 30.7 Å². The molecule has 1 amide bonds. The lowest BCUT2D eigenvalue weighted by Crippen LogP contribution is -2.20. The first kappa shape index (κ1) is 11.5. The SMILES string of the molecule is NCCc1cc(F)cc(OCC(N)=O)c1. The first-order valence-electron chi connectivity index (χ1n) is 4.52. The molecule has 0 aliphatic rings. The summed E-state index contributed by atoms with van der Waals surface area (Å²) in [6, 6.07) is 4.21. The zero-order chi connectivity index (χ0) is 11.3. The Kier molecular flexibility index (Phi) is 4.05. The molecule has 0 bridgehead atoms. The van der Waals surface area contributed by atoms with E-state index >= 15 is 0 Å². The van der Waals surface area contributed by atoms with Crippen LogP contribution < -0.4 is 16.2 Å². The van der Waals surface area contributed by atoms with Crippen LogP contribution in [0, 0.1) is 5.82 Å². The zero-order valence-corrected chi connectivity index (χ0v) is 8.20. The molecule has 1 rings (SSSR count). The van der Waals surface area contributed by atoms with Gasteiger partial charge in [0.05, 0.1) is 0 Å². The van der Waals surface area contributed by atoms with Crippen molar-refractivity contribution in [2.24, 2.45) is 11.5 Å². The molecule has 0 aromatic heterocycles. The molecule has 0 spiro atoms. The molecule has 0 saturated carbocycles. The van der Waals surface area contributed by atoms with E-state index in [1.165, 1.54) is 12.1 Å². The molecule has 0 atom stereocenters. The number of rotatable bonds is 5. The third-order valence-corrected chi connectivity index (χ3v) is 1.75. The molecule has 1 aromatic carbocycles. The largest absolute Gasteiger partial charge is 0.484 e. The molecule has 0 heterocycles. The lowest BCUT2D eigenvalue weighted by atomic mass is 10.1. The molecule has 0 aliphatic carbocycles. The second kappa shape index (κ2) is 5.31. The highest BCUT2D eigenvalue weighted by Crippen LogP contribution is 2.16. The first-order chi connectivity index (χ1) is 7.11. The summed E-state index contributed by atoms with van der Waals surface area (Å²) in [6.07, 6.45) is 0.560. The van der Waals surface area contributed by atoms with Crippen LogP contribution in [-0.4, -0.2) is 19.1 Å². The molecule has 5 heteroatoms. The number of benzene rings is 1. The summed E-state index contributed by atoms with van der Waals surface area (Å²) in [4.78, 5) is 10.5. The molecule has 0 aliphatic heterocycles. The van der Waals surface area contributed by atoms with Crippen molar-refractivity contribution in [3.8, 4) is 5.75 Å². The minimum atomic E-state index is -0.598. The van der Waals surface area contributed by atoms with Crippen molar-refractivity contribution in [2.75, 3.05) is 13.2 Å². The number of carbonyl (C=O) groups excluding carboxylic acids is 1. The second-order valence-corrected chi connectivity index (χ2v) is 3.09. The average Bonchev–Trinajstić information content (AvgIpc) is 2.14. The quantitative estimate of drug-likeness (QED) is 0.731. The van der Waals surface area contributed by atoms with Crippen LogP contribution in [0.4, 0.5) is 4.39 Å². The van der Waals surface area contributed by atoms with Gasteiger partial charge in [0.15, 0.2) is 6.61 Å². The Morgan fingerprint density at radius 3 is 2.73 bits per heavy atom. The van der Waals surface area contributed by atoms with Gasteiger partial charge in [0.25, 0.3) is 5.91 Å². The number of primary amides is 1. The normalized spacial score (nSPS) is 10.0. The monoisotopic (exact) mass is 212 g/mol. The van der Waals surface area contributed by atoms with Crippen molar-refractivity contribution in [2.45, 2.75) is 6.42 Å². The molecule has 1 aromatic rings. The number of carbonyl (C=O) groups is 1. The minimum Gasteiger partial charge on any atom is -0.484 e. The van der Waals surface area contributed by atoms with E-state index < -0.39 is 11.7 Å². The molecule has 0 radical (unpaired) electrons. The molecule has 0 saturated heterocycles. The number of hydrogen-bond acceptors (Lipinski definition) is 3. The highest BCUT2D eigenvalue weighted by Gasteiger charge is 2.02. The second-order valence-electron chi connectivity index (χ2n) is 3.09. The Balaban J connectivity index is 2.74. The summed E-state index contributed by atoms with van der Waals surface area (Å²) >= 11 is 0. The van der Waals surface area contributed by atoms with E-state index in [2.05, 4.69) is 0 Å². The Bertz CT molecular complexity index is 355. The maximum Gasteiger partial charge on any atom is 0.255 e. The van der Waals surface area contributed by atoms with E-state index in [0.717, 1.165) is 5.56 Å². The van der Waals surface area contributed by atoms with Crippen LogP contribution in [0.5, 0.6) is 5.75 Å². The lowest BCUT2D eigenvalue weighted by Gasteiger charge is -2.06. The fourth-order valence-electron chi connectivity index (χ4n) is 1.17. The van der Waals surface area contributed by atoms with Crippen LogP contribution in [0.2, 0.25) is 0 Å². The minimum absolute atomic E-state index is 0.258. The molecule has 0 unspecified atom stereocenters. The van der Waals surface area contributed by atoms with Gasteiger partial charge in [0.2, 0.25) is 0 Å². The Hall–Kier alpha value is -1.62. The predicted octanol–water partition coefficient (Wildman–Crippen LogP) is 0.191. The number of amides is 1. The van der Waals surface area contributed by atoms with Crippen LogP contribution in [0.15, 0.2) is 18.2 Å². The van der Waals surface area contributed by atoms with Crippen LogP contribution in [0.25, 0.3) is 0 Å². The van der Waals surface area contributed by atoms with E-state index in [4.69, 9.17) is 16.2 Å². The van der Waals surface area contributed by atoms with Gasteiger partial charge in [-0.15, -0.1) is 0 Å². The Morgan fingerprint density at radius 1 is 1.40 bits per heavy atom. The number of ether oxygens (including phenoxy) is 1. The fourth-order valence-corrected chi connectivity index (χ4v) is 1.17. The third kappa shape index (κ3) is 3.95. The number of hydrogen-bond donors (Lipinski definition) is 2. The maximum absolute atomic E-state index is 13.0. The van der Waals surface area contributed by atoms with Crippen LogP contribution >= 0.6 is 0 Å². The summed E-state index contributed by atoms with van der Waals surface area (Å²) in [5, 5.41) is 0. The van der Waals surface area contributed by atoms with Crippen molar-refractivity contribution in [1.82, 2.24) is 0 Å². The van der Waals surface area contributed by atoms with Crippen molar-refractivity contribution in [3.05, 3.63) is 29.6 Å². The van der Waals surface area contributed by atoms with Gasteiger partial charge in [0.1, 0.15) is 11.6 Å². The smallest absolute Gasteiger partial charge is 0.255 e. The van der Waals surface area contributed by atoms with Crippen molar-refractivity contribution >= 4 is 5.91 Å². The van der Waals surface area contributed by atoms with Gasteiger partial charge in [-0.2, -0.15) is 0 Å². The van der Waals surface area contributed by atoms with E-state index in [1.807, 2.05) is 0 Å². The van der Waals surface area contributed by atoms with Crippen molar-refractivity contribution in [3.63, 3.8) is 0 Å². The van der Waals surface area contributed by atoms with Crippen molar-refractivity contribution < 1.29 is 13.9 Å². The summed E-state index contributed by atoms with van der Waals surface area (Å²) in [6.45, 7) is 0.171. The molecule has 4 nitrogen and oxygen atoms in total. The Labute approximate surface area is 87.0 Å². The van der Waals surface area contributed by atoms with Gasteiger partial charge in [-0.25, -0.2) is 4.39 Å². The third-order valence-electron chi connectivity index (χ3n) is 1.75. The van der Waals surface area contributed by atoms with E-state index in [-0.39, 0.29) is 12.4 Å². The van der Waals surface area contributed by atoms with Gasteiger partial charge in [-0.1, -0.05) is 0 Å². The summed E-state index contributed by atoms with van der Waals surface area (Å²) in [5.41, 5.74) is 11.0. The molecule has 0 fully saturated rings. The lowest BCUT2D eigenvalue weighted by molar-refractivity contribution is -0.119. The molecule has 82 valence electrons. The Morgan fingerprint density at radius 2 is 2.13 bits per heavy atom. The summed E-state index contributed by atoms with van der Waals surface area (Å²) in [5.74, 6) is -0.725. The fraction of sp³-hybridized carbons (Fsp3) is 0.300. The topological polar surface area (TPSA) is 78.3 Å². The standard InChI is InChI=1S/C10H13FN2O2/c11-8-3-7(1-2-12)4-9(5-8)15-6-10(13)14/h3-5H,1-2,6,12H2,(H2,13,14). The molecular weight excluding hydrogens is 199 g/mol. The van der Waals surface area contributed by atoms with Crippen LogP contribution in [0.1, 0.15) is 5.56 Å². The summed E-state index contributed by atoms with van der Waals surface area (Å²) < 4.78 is 18.0. The van der Waals surface area contributed by atoms with Gasteiger partial charge >= 0.3 is 0 Å².